The third-order valence-electron chi connectivity index (χ3n) is 3.36. The fourth-order valence-electron chi connectivity index (χ4n) is 1.32. The second-order valence-corrected chi connectivity index (χ2v) is 6.48. The Morgan fingerprint density at radius 1 is 1.47 bits per heavy atom. The number of nitrogens with zero attached hydrogens (tertiary/aromatic N) is 2. The zero-order valence-corrected chi connectivity index (χ0v) is 12.4. The highest BCUT2D eigenvalue weighted by Gasteiger charge is 2.36. The largest absolute Gasteiger partial charge is 0.425 e. The van der Waals surface area contributed by atoms with Crippen molar-refractivity contribution in [3.8, 4) is 0 Å². The molecule has 5 nitrogen and oxygen atoms in total. The fraction of sp³-hybridized carbons (Fsp3) is 0.583. The van der Waals surface area contributed by atoms with Gasteiger partial charge in [-0.1, -0.05) is 11.8 Å². The molecule has 0 spiro atoms. The molecule has 1 aliphatic rings. The number of nitrogens with one attached hydrogen (secondary N) is 1. The Morgan fingerprint density at radius 2 is 2.21 bits per heavy atom. The highest BCUT2D eigenvalue weighted by molar-refractivity contribution is 8.02. The third kappa shape index (κ3) is 3.35. The summed E-state index contributed by atoms with van der Waals surface area (Å²) in [5.41, 5.74) is -0.587. The van der Waals surface area contributed by atoms with Crippen molar-refractivity contribution in [3.05, 3.63) is 29.7 Å². The van der Waals surface area contributed by atoms with Crippen LogP contribution in [0.2, 0.25) is 0 Å². The molecule has 0 aliphatic carbocycles. The van der Waals surface area contributed by atoms with E-state index in [0.717, 1.165) is 5.60 Å². The molecule has 1 unspecified atom stereocenters. The molecule has 0 saturated heterocycles. The summed E-state index contributed by atoms with van der Waals surface area (Å²) in [5.74, 6) is 0. The van der Waals surface area contributed by atoms with Crippen LogP contribution >= 0.6 is 11.8 Å². The summed E-state index contributed by atoms with van der Waals surface area (Å²) in [5, 5.41) is 15.3. The molecule has 1 radical (unpaired) electrons. The average molecular weight is 280 g/mol. The van der Waals surface area contributed by atoms with Gasteiger partial charge in [0.1, 0.15) is 0 Å². The van der Waals surface area contributed by atoms with Gasteiger partial charge in [-0.15, -0.1) is 0 Å². The molecule has 19 heavy (non-hydrogen) atoms. The molecule has 1 aromatic rings. The molecule has 0 aromatic carbocycles. The van der Waals surface area contributed by atoms with E-state index >= 15 is 0 Å². The monoisotopic (exact) mass is 280 g/mol. The zero-order chi connectivity index (χ0) is 14.1. The molecule has 0 amide bonds. The van der Waals surface area contributed by atoms with Crippen molar-refractivity contribution >= 4 is 19.2 Å². The minimum atomic E-state index is -0.917. The lowest BCUT2D eigenvalue weighted by molar-refractivity contribution is -0.0898. The number of thioether (sulfide) groups is 1. The van der Waals surface area contributed by atoms with Gasteiger partial charge in [-0.05, 0) is 33.1 Å². The predicted molar refractivity (Wildman–Crippen MR) is 77.3 cm³/mol. The molecule has 103 valence electrons. The first kappa shape index (κ1) is 14.5. The number of hydrogen-bond acceptors (Lipinski definition) is 5. The summed E-state index contributed by atoms with van der Waals surface area (Å²) in [6.07, 6.45) is 5.42. The topological polar surface area (TPSA) is 59.3 Å². The number of rotatable bonds is 5. The second kappa shape index (κ2) is 5.23. The van der Waals surface area contributed by atoms with Crippen LogP contribution in [0.3, 0.4) is 0 Å². The number of imidazole rings is 1. The lowest BCUT2D eigenvalue weighted by Gasteiger charge is -2.37. The van der Waals surface area contributed by atoms with Gasteiger partial charge in [-0.25, -0.2) is 4.98 Å². The van der Waals surface area contributed by atoms with E-state index in [4.69, 9.17) is 4.65 Å². The molecule has 0 fully saturated rings. The van der Waals surface area contributed by atoms with Crippen molar-refractivity contribution in [2.24, 2.45) is 0 Å². The molecule has 1 aromatic heterocycles. The summed E-state index contributed by atoms with van der Waals surface area (Å²) in [6.45, 7) is 7.19. The van der Waals surface area contributed by atoms with Crippen molar-refractivity contribution in [2.75, 3.05) is 0 Å². The van der Waals surface area contributed by atoms with Gasteiger partial charge in [-0.2, -0.15) is 0 Å². The van der Waals surface area contributed by atoms with E-state index in [0.29, 0.717) is 0 Å². The molecular weight excluding hydrogens is 261 g/mol. The Labute approximate surface area is 118 Å². The smallest absolute Gasteiger partial charge is 0.348 e. The van der Waals surface area contributed by atoms with E-state index in [9.17, 15) is 5.11 Å². The van der Waals surface area contributed by atoms with Gasteiger partial charge in [-0.3, -0.25) is 0 Å². The normalized spacial score (nSPS) is 20.1. The minimum absolute atomic E-state index is 0.0996. The van der Waals surface area contributed by atoms with Gasteiger partial charge in [0.15, 0.2) is 5.50 Å². The van der Waals surface area contributed by atoms with Gasteiger partial charge in [0.25, 0.3) is 0 Å². The summed E-state index contributed by atoms with van der Waals surface area (Å²) in [7, 11) is 1.65. The van der Waals surface area contributed by atoms with E-state index < -0.39 is 11.2 Å². The van der Waals surface area contributed by atoms with E-state index in [2.05, 4.69) is 10.3 Å². The van der Waals surface area contributed by atoms with Crippen LogP contribution < -0.4 is 5.32 Å². The Morgan fingerprint density at radius 3 is 2.79 bits per heavy atom. The molecule has 2 rings (SSSR count). The summed E-state index contributed by atoms with van der Waals surface area (Å²) >= 11 is 1.64. The lowest BCUT2D eigenvalue weighted by atomic mass is 9.85. The van der Waals surface area contributed by atoms with E-state index in [-0.39, 0.29) is 5.50 Å². The van der Waals surface area contributed by atoms with Crippen LogP contribution in [-0.2, 0) is 4.65 Å². The molecule has 0 saturated carbocycles. The molecule has 1 aliphatic heterocycles. The van der Waals surface area contributed by atoms with Gasteiger partial charge in [0.2, 0.25) is 0 Å². The van der Waals surface area contributed by atoms with Crippen LogP contribution in [0, 0.1) is 0 Å². The molecule has 0 bridgehead atoms. The van der Waals surface area contributed by atoms with Gasteiger partial charge in [0.05, 0.1) is 17.5 Å². The standard InChI is InChI=1S/C12H19BN3O2S/c1-11(2,17)12(3,4)18-13-9-7-19-10(15-9)16-6-5-14-8-16/h5-8,10,15,17H,1-4H3. The third-order valence-corrected chi connectivity index (χ3v) is 4.37. The maximum atomic E-state index is 10.0. The fourth-order valence-corrected chi connectivity index (χ4v) is 2.19. The van der Waals surface area contributed by atoms with E-state index in [1.807, 2.05) is 30.0 Å². The summed E-state index contributed by atoms with van der Waals surface area (Å²) in [4.78, 5) is 4.02. The summed E-state index contributed by atoms with van der Waals surface area (Å²) in [6, 6.07) is 0. The molecular formula is C12H19BN3O2S. The van der Waals surface area contributed by atoms with Crippen molar-refractivity contribution in [1.29, 1.82) is 0 Å². The first-order valence-electron chi connectivity index (χ1n) is 6.13. The van der Waals surface area contributed by atoms with Gasteiger partial charge < -0.3 is 19.6 Å². The molecule has 1 atom stereocenters. The zero-order valence-electron chi connectivity index (χ0n) is 11.6. The first-order valence-corrected chi connectivity index (χ1v) is 7.07. The highest BCUT2D eigenvalue weighted by atomic mass is 32.2. The number of hydrogen-bond donors (Lipinski definition) is 2. The van der Waals surface area contributed by atoms with Crippen LogP contribution in [-0.4, -0.2) is 33.3 Å². The molecule has 2 heterocycles. The van der Waals surface area contributed by atoms with Crippen LogP contribution in [0.15, 0.2) is 29.7 Å². The van der Waals surface area contributed by atoms with E-state index in [1.165, 1.54) is 0 Å². The Hall–Kier alpha value is -0.915. The summed E-state index contributed by atoms with van der Waals surface area (Å²) < 4.78 is 7.67. The highest BCUT2D eigenvalue weighted by Crippen LogP contribution is 2.30. The SMILES string of the molecule is CC(C)(O)C(C)(C)O[B]C1=CSC(n2ccnc2)N1. The Kier molecular flexibility index (Phi) is 3.99. The average Bonchev–Trinajstić information content (AvgIpc) is 2.96. The molecule has 2 N–H and O–H groups in total. The number of aromatic nitrogens is 2. The maximum Gasteiger partial charge on any atom is 0.348 e. The maximum absolute atomic E-state index is 10.0. The number of aliphatic hydroxyl groups is 1. The predicted octanol–water partition coefficient (Wildman–Crippen LogP) is 1.66. The van der Waals surface area contributed by atoms with Crippen molar-refractivity contribution in [1.82, 2.24) is 14.9 Å². The van der Waals surface area contributed by atoms with Crippen LogP contribution in [0.1, 0.15) is 33.2 Å². The molecule has 7 heteroatoms. The second-order valence-electron chi connectivity index (χ2n) is 5.52. The minimum Gasteiger partial charge on any atom is -0.425 e. The van der Waals surface area contributed by atoms with Crippen LogP contribution in [0.4, 0.5) is 0 Å². The van der Waals surface area contributed by atoms with Gasteiger partial charge in [0, 0.05) is 18.0 Å². The van der Waals surface area contributed by atoms with Crippen molar-refractivity contribution in [2.45, 2.75) is 44.4 Å². The van der Waals surface area contributed by atoms with Crippen molar-refractivity contribution in [3.63, 3.8) is 0 Å². The Balaban J connectivity index is 1.86. The van der Waals surface area contributed by atoms with Crippen LogP contribution in [0.25, 0.3) is 0 Å². The van der Waals surface area contributed by atoms with Crippen LogP contribution in [0.5, 0.6) is 0 Å². The van der Waals surface area contributed by atoms with Gasteiger partial charge >= 0.3 is 7.48 Å². The lowest BCUT2D eigenvalue weighted by Crippen LogP contribution is -2.48. The first-order chi connectivity index (χ1) is 8.79. The van der Waals surface area contributed by atoms with Crippen molar-refractivity contribution < 1.29 is 9.76 Å². The van der Waals surface area contributed by atoms with E-state index in [1.54, 1.807) is 45.6 Å². The Bertz CT molecular complexity index is 454. The quantitative estimate of drug-likeness (QED) is 0.803.